The van der Waals surface area contributed by atoms with Crippen LogP contribution in [-0.4, -0.2) is 10.2 Å². The zero-order chi connectivity index (χ0) is 7.02. The third kappa shape index (κ3) is 1.62. The predicted octanol–water partition coefficient (Wildman–Crippen LogP) is 1.02. The average molecular weight is 196 g/mol. The van der Waals surface area contributed by atoms with Crippen molar-refractivity contribution in [3.05, 3.63) is 22.4 Å². The molecular formula is C8H13CoSi-. The molecule has 0 amide bonds. The zero-order valence-electron chi connectivity index (χ0n) is 6.91. The summed E-state index contributed by atoms with van der Waals surface area (Å²) in [6.45, 7) is 6.62. The molecule has 59 valence electrons. The molecule has 0 bridgehead atoms. The van der Waals surface area contributed by atoms with Crippen LogP contribution in [0.25, 0.3) is 0 Å². The summed E-state index contributed by atoms with van der Waals surface area (Å²) in [5, 5.41) is 1.47. The van der Waals surface area contributed by atoms with Crippen molar-refractivity contribution >= 4 is 10.2 Å². The van der Waals surface area contributed by atoms with Crippen molar-refractivity contribution in [1.82, 2.24) is 0 Å². The van der Waals surface area contributed by atoms with E-state index in [1.54, 1.807) is 0 Å². The Labute approximate surface area is 76.4 Å². The Morgan fingerprint density at radius 1 is 1.40 bits per heavy atom. The number of allylic oxidation sites excluding steroid dienone is 4. The molecule has 1 rings (SSSR count). The quantitative estimate of drug-likeness (QED) is 0.401. The first-order valence-corrected chi connectivity index (χ1v) is 4.40. The Balaban J connectivity index is 0.000000810. The van der Waals surface area contributed by atoms with E-state index < -0.39 is 0 Å². The Hall–Kier alpha value is 0.203. The first-order valence-electron chi connectivity index (χ1n) is 3.40. The molecule has 1 aliphatic rings. The molecule has 1 atom stereocenters. The molecule has 1 aliphatic carbocycles. The van der Waals surface area contributed by atoms with Crippen molar-refractivity contribution in [3.8, 4) is 0 Å². The third-order valence-electron chi connectivity index (χ3n) is 2.24. The van der Waals surface area contributed by atoms with E-state index in [4.69, 9.17) is 0 Å². The van der Waals surface area contributed by atoms with E-state index in [-0.39, 0.29) is 16.8 Å². The van der Waals surface area contributed by atoms with Crippen LogP contribution < -0.4 is 0 Å². The zero-order valence-corrected chi connectivity index (χ0v) is 9.95. The minimum Gasteiger partial charge on any atom is -0.271 e. The van der Waals surface area contributed by atoms with E-state index in [1.165, 1.54) is 16.3 Å². The predicted molar refractivity (Wildman–Crippen MR) is 44.2 cm³/mol. The molecule has 10 heavy (non-hydrogen) atoms. The fourth-order valence-electron chi connectivity index (χ4n) is 1.16. The summed E-state index contributed by atoms with van der Waals surface area (Å²) in [5.41, 5.74) is 3.01. The van der Waals surface area contributed by atoms with Crippen LogP contribution in [0.5, 0.6) is 0 Å². The van der Waals surface area contributed by atoms with E-state index in [0.717, 1.165) is 10.2 Å². The van der Waals surface area contributed by atoms with Gasteiger partial charge in [0.1, 0.15) is 0 Å². The second-order valence-electron chi connectivity index (χ2n) is 2.80. The summed E-state index contributed by atoms with van der Waals surface area (Å²) in [4.78, 5) is 0. The number of rotatable bonds is 0. The summed E-state index contributed by atoms with van der Waals surface area (Å²) in [6.07, 6.45) is 3.42. The van der Waals surface area contributed by atoms with Crippen molar-refractivity contribution < 1.29 is 16.8 Å². The first kappa shape index (κ1) is 10.2. The molecule has 0 spiro atoms. The average Bonchev–Trinajstić information content (AvgIpc) is 1.98. The molecular weight excluding hydrogens is 183 g/mol. The van der Waals surface area contributed by atoms with Gasteiger partial charge in [-0.15, -0.1) is 6.92 Å². The van der Waals surface area contributed by atoms with E-state index >= 15 is 0 Å². The smallest absolute Gasteiger partial charge is 0 e. The van der Waals surface area contributed by atoms with Gasteiger partial charge in [-0.2, -0.15) is 5.57 Å². The monoisotopic (exact) mass is 196 g/mol. The van der Waals surface area contributed by atoms with Gasteiger partial charge in [-0.25, -0.2) is 10.8 Å². The summed E-state index contributed by atoms with van der Waals surface area (Å²) in [6, 6.07) is 0. The van der Waals surface area contributed by atoms with Gasteiger partial charge in [0.2, 0.25) is 0 Å². The molecule has 0 heterocycles. The Morgan fingerprint density at radius 2 is 1.90 bits per heavy atom. The molecule has 1 radical (unpaired) electrons. The maximum atomic E-state index is 3.42. The van der Waals surface area contributed by atoms with Gasteiger partial charge in [-0.05, 0) is 10.2 Å². The number of hydrogen-bond donors (Lipinski definition) is 0. The maximum Gasteiger partial charge on any atom is 0 e. The van der Waals surface area contributed by atoms with Crippen molar-refractivity contribution in [2.24, 2.45) is 5.92 Å². The van der Waals surface area contributed by atoms with Crippen LogP contribution in [0.2, 0.25) is 0 Å². The Kier molecular flexibility index (Phi) is 3.62. The van der Waals surface area contributed by atoms with Gasteiger partial charge >= 0.3 is 0 Å². The number of hydrogen-bond acceptors (Lipinski definition) is 0. The van der Waals surface area contributed by atoms with Crippen molar-refractivity contribution in [2.45, 2.75) is 20.8 Å². The molecule has 0 N–H and O–H groups in total. The van der Waals surface area contributed by atoms with Crippen LogP contribution in [0.1, 0.15) is 20.8 Å². The topological polar surface area (TPSA) is 0 Å². The van der Waals surface area contributed by atoms with Gasteiger partial charge in [0.25, 0.3) is 0 Å². The second kappa shape index (κ2) is 3.55. The Bertz CT molecular complexity index is 191. The van der Waals surface area contributed by atoms with Crippen molar-refractivity contribution in [2.75, 3.05) is 0 Å². The van der Waals surface area contributed by atoms with Crippen LogP contribution in [-0.2, 0) is 16.8 Å². The van der Waals surface area contributed by atoms with Crippen LogP contribution >= 0.6 is 0 Å². The molecule has 0 aromatic heterocycles. The second-order valence-corrected chi connectivity index (χ2v) is 3.80. The fourth-order valence-corrected chi connectivity index (χ4v) is 1.99. The van der Waals surface area contributed by atoms with Crippen molar-refractivity contribution in [1.29, 1.82) is 0 Å². The summed E-state index contributed by atoms with van der Waals surface area (Å²) >= 11 is 0. The van der Waals surface area contributed by atoms with Gasteiger partial charge in [0.15, 0.2) is 0 Å². The summed E-state index contributed by atoms with van der Waals surface area (Å²) < 4.78 is 0. The summed E-state index contributed by atoms with van der Waals surface area (Å²) in [5.74, 6) is 0.595. The van der Waals surface area contributed by atoms with Gasteiger partial charge in [-0.1, -0.05) is 19.8 Å². The molecule has 0 aromatic rings. The fraction of sp³-hybridized carbons (Fsp3) is 0.500. The van der Waals surface area contributed by atoms with E-state index in [0.29, 0.717) is 5.92 Å². The van der Waals surface area contributed by atoms with Crippen LogP contribution in [0.4, 0.5) is 0 Å². The first-order chi connectivity index (χ1) is 4.13. The van der Waals surface area contributed by atoms with E-state index in [2.05, 4.69) is 26.8 Å². The van der Waals surface area contributed by atoms with Gasteiger partial charge < -0.3 is 0 Å². The molecule has 0 nitrogen and oxygen atoms in total. The Morgan fingerprint density at radius 3 is 2.00 bits per heavy atom. The van der Waals surface area contributed by atoms with Crippen LogP contribution in [0.3, 0.4) is 0 Å². The third-order valence-corrected chi connectivity index (χ3v) is 3.28. The molecule has 0 aromatic carbocycles. The maximum absolute atomic E-state index is 3.42. The SMILES string of the molecule is CC1=C(C)C(C)[C-]=C1[SiH3].[Co]. The molecule has 0 fully saturated rings. The minimum atomic E-state index is 0. The summed E-state index contributed by atoms with van der Waals surface area (Å²) in [7, 11) is 1.16. The van der Waals surface area contributed by atoms with Crippen LogP contribution in [0.15, 0.2) is 16.3 Å². The van der Waals surface area contributed by atoms with Crippen LogP contribution in [0, 0.1) is 12.0 Å². The molecule has 0 aliphatic heterocycles. The van der Waals surface area contributed by atoms with Gasteiger partial charge in [-0.3, -0.25) is 6.08 Å². The molecule has 2 heteroatoms. The van der Waals surface area contributed by atoms with E-state index in [1.807, 2.05) is 0 Å². The van der Waals surface area contributed by atoms with Gasteiger partial charge in [0.05, 0.1) is 0 Å². The molecule has 0 saturated heterocycles. The standard InChI is InChI=1S/C8H13Si.Co/c1-5-4-8(9)7(3)6(5)2;/h5H,1-3,9H3;/q-1;. The largest absolute Gasteiger partial charge is 0.271 e. The molecule has 1 unspecified atom stereocenters. The van der Waals surface area contributed by atoms with Gasteiger partial charge in [0, 0.05) is 16.8 Å². The van der Waals surface area contributed by atoms with Crippen molar-refractivity contribution in [3.63, 3.8) is 0 Å². The normalized spacial score (nSPS) is 24.7. The molecule has 0 saturated carbocycles. The minimum absolute atomic E-state index is 0. The van der Waals surface area contributed by atoms with E-state index in [9.17, 15) is 0 Å².